The number of benzene rings is 1. The van der Waals surface area contributed by atoms with Crippen LogP contribution in [0.25, 0.3) is 0 Å². The third-order valence-corrected chi connectivity index (χ3v) is 2.90. The van der Waals surface area contributed by atoms with Gasteiger partial charge in [-0.2, -0.15) is 0 Å². The normalized spacial score (nSPS) is 19.7. The molecule has 0 aliphatic heterocycles. The van der Waals surface area contributed by atoms with E-state index in [0.29, 0.717) is 6.42 Å². The number of aliphatic hydroxyl groups is 2. The molecule has 1 atom stereocenters. The minimum absolute atomic E-state index is 0.430. The molecule has 3 nitrogen and oxygen atoms in total. The second kappa shape index (κ2) is 3.83. The molecule has 3 heteroatoms. The van der Waals surface area contributed by atoms with E-state index in [4.69, 9.17) is 4.74 Å². The summed E-state index contributed by atoms with van der Waals surface area (Å²) >= 11 is 0. The van der Waals surface area contributed by atoms with Crippen molar-refractivity contribution in [1.82, 2.24) is 0 Å². The van der Waals surface area contributed by atoms with Crippen LogP contribution in [0.3, 0.4) is 0 Å². The van der Waals surface area contributed by atoms with Gasteiger partial charge in [-0.1, -0.05) is 12.1 Å². The molecule has 0 radical (unpaired) electrons. The molecule has 0 spiro atoms. The van der Waals surface area contributed by atoms with Crippen molar-refractivity contribution in [2.45, 2.75) is 31.0 Å². The van der Waals surface area contributed by atoms with Crippen LogP contribution in [0.2, 0.25) is 0 Å². The summed E-state index contributed by atoms with van der Waals surface area (Å²) in [6.07, 6.45) is 1.46. The largest absolute Gasteiger partial charge is 0.497 e. The molecule has 1 aliphatic rings. The zero-order valence-corrected chi connectivity index (χ0v) is 8.81. The minimum Gasteiger partial charge on any atom is -0.497 e. The molecule has 0 aromatic heterocycles. The summed E-state index contributed by atoms with van der Waals surface area (Å²) in [5.41, 5.74) is 0.218. The van der Waals surface area contributed by atoms with Gasteiger partial charge in [-0.05, 0) is 30.5 Å². The number of hydrogen-bond donors (Lipinski definition) is 2. The third kappa shape index (κ3) is 2.49. The quantitative estimate of drug-likeness (QED) is 0.791. The number of aliphatic hydroxyl groups excluding tert-OH is 1. The van der Waals surface area contributed by atoms with Gasteiger partial charge in [0.2, 0.25) is 0 Å². The van der Waals surface area contributed by atoms with Crippen LogP contribution in [0.1, 0.15) is 30.9 Å². The number of hydrogen-bond acceptors (Lipinski definition) is 3. The van der Waals surface area contributed by atoms with Crippen LogP contribution in [0.4, 0.5) is 0 Å². The Labute approximate surface area is 89.3 Å². The van der Waals surface area contributed by atoms with Crippen LogP contribution in [-0.4, -0.2) is 22.9 Å². The van der Waals surface area contributed by atoms with E-state index in [9.17, 15) is 10.2 Å². The lowest BCUT2D eigenvalue weighted by atomic mass is 10.0. The summed E-state index contributed by atoms with van der Waals surface area (Å²) < 4.78 is 5.03. The molecule has 2 N–H and O–H groups in total. The highest BCUT2D eigenvalue weighted by atomic mass is 16.5. The van der Waals surface area contributed by atoms with Crippen LogP contribution >= 0.6 is 0 Å². The molecule has 1 aromatic carbocycles. The van der Waals surface area contributed by atoms with E-state index in [1.54, 1.807) is 7.11 Å². The molecule has 1 saturated carbocycles. The molecule has 1 fully saturated rings. The Morgan fingerprint density at radius 3 is 2.40 bits per heavy atom. The van der Waals surface area contributed by atoms with Gasteiger partial charge in [0.05, 0.1) is 18.8 Å². The Morgan fingerprint density at radius 2 is 1.93 bits per heavy atom. The van der Waals surface area contributed by atoms with Crippen molar-refractivity contribution >= 4 is 0 Å². The van der Waals surface area contributed by atoms with Crippen molar-refractivity contribution < 1.29 is 14.9 Å². The molecule has 0 bridgehead atoms. The Kier molecular flexibility index (Phi) is 2.67. The van der Waals surface area contributed by atoms with E-state index in [2.05, 4.69) is 0 Å². The summed E-state index contributed by atoms with van der Waals surface area (Å²) in [7, 11) is 1.61. The Morgan fingerprint density at radius 1 is 1.33 bits per heavy atom. The zero-order chi connectivity index (χ0) is 10.9. The molecule has 1 aliphatic carbocycles. The van der Waals surface area contributed by atoms with E-state index in [0.717, 1.165) is 24.2 Å². The van der Waals surface area contributed by atoms with Crippen molar-refractivity contribution in [3.8, 4) is 5.75 Å². The minimum atomic E-state index is -0.612. The fourth-order valence-corrected chi connectivity index (χ4v) is 1.65. The Hall–Kier alpha value is -1.06. The first-order chi connectivity index (χ1) is 7.13. The van der Waals surface area contributed by atoms with Crippen molar-refractivity contribution in [3.05, 3.63) is 29.8 Å². The SMILES string of the molecule is COc1ccc(C(O)CC2(O)CC2)cc1. The first-order valence-electron chi connectivity index (χ1n) is 5.17. The highest BCUT2D eigenvalue weighted by molar-refractivity contribution is 5.28. The summed E-state index contributed by atoms with van der Waals surface area (Å²) in [5.74, 6) is 0.774. The second-order valence-corrected chi connectivity index (χ2v) is 4.22. The smallest absolute Gasteiger partial charge is 0.118 e. The summed E-state index contributed by atoms with van der Waals surface area (Å²) in [6, 6.07) is 7.29. The predicted octanol–water partition coefficient (Wildman–Crippen LogP) is 1.64. The van der Waals surface area contributed by atoms with Crippen molar-refractivity contribution in [1.29, 1.82) is 0 Å². The average molecular weight is 208 g/mol. The van der Waals surface area contributed by atoms with Crippen LogP contribution in [-0.2, 0) is 0 Å². The Balaban J connectivity index is 2.01. The fraction of sp³-hybridized carbons (Fsp3) is 0.500. The van der Waals surface area contributed by atoms with Gasteiger partial charge >= 0.3 is 0 Å². The van der Waals surface area contributed by atoms with E-state index >= 15 is 0 Å². The lowest BCUT2D eigenvalue weighted by Crippen LogP contribution is -2.12. The summed E-state index contributed by atoms with van der Waals surface area (Å²) in [5, 5.41) is 19.5. The van der Waals surface area contributed by atoms with Gasteiger partial charge < -0.3 is 14.9 Å². The average Bonchev–Trinajstić information content (AvgIpc) is 2.96. The molecule has 1 aromatic rings. The van der Waals surface area contributed by atoms with Gasteiger partial charge in [-0.15, -0.1) is 0 Å². The molecule has 15 heavy (non-hydrogen) atoms. The third-order valence-electron chi connectivity index (χ3n) is 2.90. The lowest BCUT2D eigenvalue weighted by molar-refractivity contribution is 0.0642. The van der Waals surface area contributed by atoms with E-state index in [-0.39, 0.29) is 0 Å². The second-order valence-electron chi connectivity index (χ2n) is 4.22. The van der Waals surface area contributed by atoms with Gasteiger partial charge in [0, 0.05) is 6.42 Å². The Bertz CT molecular complexity index is 327. The van der Waals surface area contributed by atoms with Gasteiger partial charge in [-0.25, -0.2) is 0 Å². The van der Waals surface area contributed by atoms with Gasteiger partial charge in [0.25, 0.3) is 0 Å². The van der Waals surface area contributed by atoms with Crippen molar-refractivity contribution in [2.75, 3.05) is 7.11 Å². The maximum Gasteiger partial charge on any atom is 0.118 e. The maximum absolute atomic E-state index is 9.86. The summed E-state index contributed by atoms with van der Waals surface area (Å²) in [4.78, 5) is 0. The fourth-order valence-electron chi connectivity index (χ4n) is 1.65. The predicted molar refractivity (Wildman–Crippen MR) is 56.8 cm³/mol. The topological polar surface area (TPSA) is 49.7 Å². The van der Waals surface area contributed by atoms with Gasteiger partial charge in [0.1, 0.15) is 5.75 Å². The first-order valence-corrected chi connectivity index (χ1v) is 5.17. The standard InChI is InChI=1S/C12H16O3/c1-15-10-4-2-9(3-5-10)11(13)8-12(14)6-7-12/h2-5,11,13-14H,6-8H2,1H3. The molecule has 0 heterocycles. The van der Waals surface area contributed by atoms with E-state index in [1.807, 2.05) is 24.3 Å². The van der Waals surface area contributed by atoms with Crippen LogP contribution < -0.4 is 4.74 Å². The monoisotopic (exact) mass is 208 g/mol. The van der Waals surface area contributed by atoms with E-state index < -0.39 is 11.7 Å². The van der Waals surface area contributed by atoms with Crippen LogP contribution in [0, 0.1) is 0 Å². The molecule has 0 saturated heterocycles. The lowest BCUT2D eigenvalue weighted by Gasteiger charge is -2.14. The molecule has 2 rings (SSSR count). The van der Waals surface area contributed by atoms with Crippen molar-refractivity contribution in [3.63, 3.8) is 0 Å². The molecule has 82 valence electrons. The first kappa shape index (κ1) is 10.5. The molecular formula is C12H16O3. The molecule has 1 unspecified atom stereocenters. The van der Waals surface area contributed by atoms with Crippen LogP contribution in [0.15, 0.2) is 24.3 Å². The highest BCUT2D eigenvalue weighted by Gasteiger charge is 2.41. The van der Waals surface area contributed by atoms with E-state index in [1.165, 1.54) is 0 Å². The highest BCUT2D eigenvalue weighted by Crippen LogP contribution is 2.42. The number of ether oxygens (including phenoxy) is 1. The number of rotatable bonds is 4. The van der Waals surface area contributed by atoms with Crippen LogP contribution in [0.5, 0.6) is 5.75 Å². The summed E-state index contributed by atoms with van der Waals surface area (Å²) in [6.45, 7) is 0. The van der Waals surface area contributed by atoms with Gasteiger partial charge in [-0.3, -0.25) is 0 Å². The maximum atomic E-state index is 9.86. The van der Waals surface area contributed by atoms with Gasteiger partial charge in [0.15, 0.2) is 0 Å². The zero-order valence-electron chi connectivity index (χ0n) is 8.81. The van der Waals surface area contributed by atoms with Crippen molar-refractivity contribution in [2.24, 2.45) is 0 Å². The molecular weight excluding hydrogens is 192 g/mol. The number of methoxy groups -OCH3 is 1. The molecule has 0 amide bonds.